The minimum Gasteiger partial charge on any atom is -0.373 e. The summed E-state index contributed by atoms with van der Waals surface area (Å²) in [6.45, 7) is 8.38. The Hall–Kier alpha value is -1.44. The summed E-state index contributed by atoms with van der Waals surface area (Å²) in [5, 5.41) is 4.96. The van der Waals surface area contributed by atoms with E-state index >= 15 is 0 Å². The second-order valence-electron chi connectivity index (χ2n) is 7.65. The fraction of sp³-hybridized carbons (Fsp3) is 0.700. The molecule has 6 nitrogen and oxygen atoms in total. The number of nitrogens with one attached hydrogen (secondary N) is 1. The highest BCUT2D eigenvalue weighted by atomic mass is 32.1. The molecule has 3 atom stereocenters. The summed E-state index contributed by atoms with van der Waals surface area (Å²) >= 11 is 1.44. The van der Waals surface area contributed by atoms with Crippen molar-refractivity contribution in [2.24, 2.45) is 0 Å². The van der Waals surface area contributed by atoms with Crippen molar-refractivity contribution in [1.82, 2.24) is 15.1 Å². The SMILES string of the molecule is CC1CN(CCCNC(=O)C2CCCCN2C(=O)c2cccs2)CC(C)O1. The molecule has 2 amide bonds. The summed E-state index contributed by atoms with van der Waals surface area (Å²) in [5.41, 5.74) is 0. The monoisotopic (exact) mass is 393 g/mol. The van der Waals surface area contributed by atoms with Crippen LogP contribution < -0.4 is 5.32 Å². The Morgan fingerprint density at radius 3 is 2.74 bits per heavy atom. The molecular weight excluding hydrogens is 362 g/mol. The van der Waals surface area contributed by atoms with Crippen LogP contribution in [0.2, 0.25) is 0 Å². The maximum atomic E-state index is 12.7. The van der Waals surface area contributed by atoms with Crippen LogP contribution in [0.4, 0.5) is 0 Å². The van der Waals surface area contributed by atoms with Crippen molar-refractivity contribution in [3.05, 3.63) is 22.4 Å². The van der Waals surface area contributed by atoms with Crippen molar-refractivity contribution in [2.45, 2.75) is 57.8 Å². The molecule has 27 heavy (non-hydrogen) atoms. The number of ether oxygens (including phenoxy) is 1. The van der Waals surface area contributed by atoms with Gasteiger partial charge in [-0.15, -0.1) is 11.3 Å². The summed E-state index contributed by atoms with van der Waals surface area (Å²) < 4.78 is 5.76. The van der Waals surface area contributed by atoms with E-state index < -0.39 is 0 Å². The Morgan fingerprint density at radius 1 is 1.26 bits per heavy atom. The predicted octanol–water partition coefficient (Wildman–Crippen LogP) is 2.36. The molecule has 0 aromatic carbocycles. The number of morpholine rings is 1. The van der Waals surface area contributed by atoms with Crippen LogP contribution in [0.25, 0.3) is 0 Å². The van der Waals surface area contributed by atoms with Crippen LogP contribution >= 0.6 is 11.3 Å². The van der Waals surface area contributed by atoms with Gasteiger partial charge in [0.05, 0.1) is 17.1 Å². The zero-order valence-electron chi connectivity index (χ0n) is 16.4. The Bertz CT molecular complexity index is 612. The second-order valence-corrected chi connectivity index (χ2v) is 8.60. The lowest BCUT2D eigenvalue weighted by Crippen LogP contribution is -2.52. The zero-order valence-corrected chi connectivity index (χ0v) is 17.2. The first-order valence-corrected chi connectivity index (χ1v) is 10.9. The van der Waals surface area contributed by atoms with Crippen LogP contribution in [0, 0.1) is 0 Å². The summed E-state index contributed by atoms with van der Waals surface area (Å²) in [6.07, 6.45) is 4.16. The third kappa shape index (κ3) is 5.53. The molecule has 1 aromatic heterocycles. The summed E-state index contributed by atoms with van der Waals surface area (Å²) in [5.74, 6) is -0.0236. The highest BCUT2D eigenvalue weighted by Gasteiger charge is 2.32. The van der Waals surface area contributed by atoms with Crippen molar-refractivity contribution < 1.29 is 14.3 Å². The van der Waals surface area contributed by atoms with Gasteiger partial charge in [-0.1, -0.05) is 6.07 Å². The number of amides is 2. The lowest BCUT2D eigenvalue weighted by atomic mass is 10.0. The van der Waals surface area contributed by atoms with E-state index in [4.69, 9.17) is 4.74 Å². The third-order valence-corrected chi connectivity index (χ3v) is 6.10. The van der Waals surface area contributed by atoms with Crippen LogP contribution in [0.3, 0.4) is 0 Å². The van der Waals surface area contributed by atoms with E-state index in [-0.39, 0.29) is 30.1 Å². The zero-order chi connectivity index (χ0) is 19.2. The molecule has 0 saturated carbocycles. The van der Waals surface area contributed by atoms with Crippen molar-refractivity contribution in [3.63, 3.8) is 0 Å². The molecule has 3 rings (SSSR count). The molecule has 0 spiro atoms. The first-order chi connectivity index (χ1) is 13.0. The van der Waals surface area contributed by atoms with E-state index in [1.165, 1.54) is 11.3 Å². The molecule has 2 aliphatic rings. The number of piperidine rings is 1. The Kier molecular flexibility index (Phi) is 7.26. The van der Waals surface area contributed by atoms with Gasteiger partial charge < -0.3 is 15.0 Å². The summed E-state index contributed by atoms with van der Waals surface area (Å²) in [7, 11) is 0. The van der Waals surface area contributed by atoms with Crippen molar-refractivity contribution >= 4 is 23.2 Å². The quantitative estimate of drug-likeness (QED) is 0.754. The number of likely N-dealkylation sites (tertiary alicyclic amines) is 1. The molecule has 0 bridgehead atoms. The second kappa shape index (κ2) is 9.66. The molecule has 150 valence electrons. The summed E-state index contributed by atoms with van der Waals surface area (Å²) in [4.78, 5) is 30.3. The minimum absolute atomic E-state index is 0.0108. The maximum Gasteiger partial charge on any atom is 0.264 e. The molecule has 7 heteroatoms. The van der Waals surface area contributed by atoms with Gasteiger partial charge in [-0.3, -0.25) is 14.5 Å². The number of rotatable bonds is 6. The first-order valence-electron chi connectivity index (χ1n) is 10.0. The molecule has 3 heterocycles. The van der Waals surface area contributed by atoms with Crippen LogP contribution in [0.5, 0.6) is 0 Å². The molecule has 1 aromatic rings. The van der Waals surface area contributed by atoms with Crippen LogP contribution in [-0.4, -0.2) is 72.6 Å². The normalized spacial score (nSPS) is 26.7. The summed E-state index contributed by atoms with van der Waals surface area (Å²) in [6, 6.07) is 3.38. The number of hydrogen-bond donors (Lipinski definition) is 1. The number of nitrogens with zero attached hydrogens (tertiary/aromatic N) is 2. The van der Waals surface area contributed by atoms with E-state index in [2.05, 4.69) is 24.1 Å². The molecule has 2 aliphatic heterocycles. The largest absolute Gasteiger partial charge is 0.373 e. The first kappa shape index (κ1) is 20.3. The molecule has 1 N–H and O–H groups in total. The fourth-order valence-corrected chi connectivity index (χ4v) is 4.77. The molecule has 0 radical (unpaired) electrons. The van der Waals surface area contributed by atoms with Gasteiger partial charge in [0, 0.05) is 32.7 Å². The van der Waals surface area contributed by atoms with Gasteiger partial charge in [0.2, 0.25) is 5.91 Å². The fourth-order valence-electron chi connectivity index (χ4n) is 4.09. The van der Waals surface area contributed by atoms with E-state index in [1.54, 1.807) is 4.90 Å². The maximum absolute atomic E-state index is 12.7. The topological polar surface area (TPSA) is 61.9 Å². The average Bonchev–Trinajstić information content (AvgIpc) is 3.18. The van der Waals surface area contributed by atoms with Crippen LogP contribution in [0.1, 0.15) is 49.2 Å². The van der Waals surface area contributed by atoms with Crippen LogP contribution in [-0.2, 0) is 9.53 Å². The smallest absolute Gasteiger partial charge is 0.264 e. The van der Waals surface area contributed by atoms with E-state index in [0.29, 0.717) is 18.0 Å². The van der Waals surface area contributed by atoms with Crippen molar-refractivity contribution in [2.75, 3.05) is 32.7 Å². The van der Waals surface area contributed by atoms with Crippen LogP contribution in [0.15, 0.2) is 17.5 Å². The number of carbonyl (C=O) groups is 2. The highest BCUT2D eigenvalue weighted by molar-refractivity contribution is 7.12. The number of hydrogen-bond acceptors (Lipinski definition) is 5. The van der Waals surface area contributed by atoms with Crippen molar-refractivity contribution in [1.29, 1.82) is 0 Å². The number of thiophene rings is 1. The van der Waals surface area contributed by atoms with E-state index in [0.717, 1.165) is 45.3 Å². The minimum atomic E-state index is -0.336. The van der Waals surface area contributed by atoms with Gasteiger partial charge >= 0.3 is 0 Å². The lowest BCUT2D eigenvalue weighted by Gasteiger charge is -2.35. The third-order valence-electron chi connectivity index (χ3n) is 5.24. The van der Waals surface area contributed by atoms with E-state index in [1.807, 2.05) is 17.5 Å². The lowest BCUT2D eigenvalue weighted by molar-refractivity contribution is -0.126. The van der Waals surface area contributed by atoms with Gasteiger partial charge in [-0.25, -0.2) is 0 Å². The Labute approximate surface area is 165 Å². The molecule has 2 saturated heterocycles. The van der Waals surface area contributed by atoms with Gasteiger partial charge in [0.15, 0.2) is 0 Å². The van der Waals surface area contributed by atoms with Gasteiger partial charge in [-0.05, 0) is 51.0 Å². The standard InChI is InChI=1S/C20H31N3O3S/c1-15-13-22(14-16(2)26-15)10-6-9-21-19(24)17-7-3-4-11-23(17)20(25)18-8-5-12-27-18/h5,8,12,15-17H,3-4,6-7,9-11,13-14H2,1-2H3,(H,21,24). The van der Waals surface area contributed by atoms with E-state index in [9.17, 15) is 9.59 Å². The van der Waals surface area contributed by atoms with Gasteiger partial charge in [0.1, 0.15) is 6.04 Å². The highest BCUT2D eigenvalue weighted by Crippen LogP contribution is 2.22. The number of carbonyl (C=O) groups excluding carboxylic acids is 2. The Balaban J connectivity index is 1.45. The van der Waals surface area contributed by atoms with Crippen molar-refractivity contribution in [3.8, 4) is 0 Å². The Morgan fingerprint density at radius 2 is 2.04 bits per heavy atom. The average molecular weight is 394 g/mol. The molecule has 0 aliphatic carbocycles. The predicted molar refractivity (Wildman–Crippen MR) is 107 cm³/mol. The van der Waals surface area contributed by atoms with Gasteiger partial charge in [0.25, 0.3) is 5.91 Å². The molecule has 3 unspecified atom stereocenters. The molecule has 2 fully saturated rings. The molecular formula is C20H31N3O3S. The van der Waals surface area contributed by atoms with Gasteiger partial charge in [-0.2, -0.15) is 0 Å².